The second-order valence-corrected chi connectivity index (χ2v) is 5.52. The Morgan fingerprint density at radius 1 is 1.44 bits per heavy atom. The minimum Gasteiger partial charge on any atom is -0.319 e. The molecule has 1 unspecified atom stereocenters. The largest absolute Gasteiger partial charge is 0.319 e. The summed E-state index contributed by atoms with van der Waals surface area (Å²) >= 11 is 3.50. The van der Waals surface area contributed by atoms with Crippen molar-refractivity contribution in [1.29, 1.82) is 0 Å². The first-order valence-electron chi connectivity index (χ1n) is 5.49. The second kappa shape index (κ2) is 5.57. The minimum absolute atomic E-state index is 0.537. The lowest BCUT2D eigenvalue weighted by Crippen LogP contribution is -2.16. The summed E-state index contributed by atoms with van der Waals surface area (Å²) in [6.07, 6.45) is 1.13. The van der Waals surface area contributed by atoms with Crippen LogP contribution in [0.5, 0.6) is 0 Å². The maximum atomic E-state index is 4.73. The van der Waals surface area contributed by atoms with Crippen LogP contribution in [0, 0.1) is 0 Å². The van der Waals surface area contributed by atoms with Gasteiger partial charge in [-0.1, -0.05) is 13.0 Å². The molecule has 2 rings (SSSR count). The van der Waals surface area contributed by atoms with Gasteiger partial charge in [0, 0.05) is 17.8 Å². The van der Waals surface area contributed by atoms with Crippen LogP contribution in [0.15, 0.2) is 22.9 Å². The molecule has 2 heterocycles. The van der Waals surface area contributed by atoms with E-state index in [0.717, 1.165) is 18.0 Å². The number of aromatic nitrogens is 1. The van der Waals surface area contributed by atoms with E-state index in [1.54, 1.807) is 22.7 Å². The van der Waals surface area contributed by atoms with Crippen LogP contribution >= 0.6 is 22.7 Å². The minimum atomic E-state index is 0.537. The lowest BCUT2D eigenvalue weighted by atomic mass is 10.0. The zero-order chi connectivity index (χ0) is 11.4. The highest BCUT2D eigenvalue weighted by Gasteiger charge is 2.13. The van der Waals surface area contributed by atoms with E-state index in [1.165, 1.54) is 10.6 Å². The Balaban J connectivity index is 2.18. The molecule has 0 saturated carbocycles. The molecular weight excluding hydrogens is 236 g/mol. The van der Waals surface area contributed by atoms with Gasteiger partial charge in [-0.25, -0.2) is 4.98 Å². The highest BCUT2D eigenvalue weighted by atomic mass is 32.1. The molecule has 0 bridgehead atoms. The van der Waals surface area contributed by atoms with Crippen LogP contribution in [0.3, 0.4) is 0 Å². The van der Waals surface area contributed by atoms with Crippen LogP contribution in [0.1, 0.15) is 25.0 Å². The summed E-state index contributed by atoms with van der Waals surface area (Å²) in [4.78, 5) is 6.01. The van der Waals surface area contributed by atoms with E-state index in [9.17, 15) is 0 Å². The summed E-state index contributed by atoms with van der Waals surface area (Å²) in [5.74, 6) is 0.537. The molecule has 2 aromatic heterocycles. The molecule has 86 valence electrons. The SMILES string of the molecule is CCC(CNC)c1csc(-c2cccs2)n1. The third-order valence-corrected chi connectivity index (χ3v) is 4.52. The van der Waals surface area contributed by atoms with Crippen LogP contribution in [0.4, 0.5) is 0 Å². The number of rotatable bonds is 5. The average molecular weight is 252 g/mol. The van der Waals surface area contributed by atoms with Gasteiger partial charge >= 0.3 is 0 Å². The van der Waals surface area contributed by atoms with Gasteiger partial charge in [-0.2, -0.15) is 0 Å². The van der Waals surface area contributed by atoms with Gasteiger partial charge in [0.1, 0.15) is 5.01 Å². The molecule has 2 aromatic rings. The van der Waals surface area contributed by atoms with Crippen molar-refractivity contribution in [3.8, 4) is 9.88 Å². The fourth-order valence-corrected chi connectivity index (χ4v) is 3.41. The molecule has 0 aliphatic carbocycles. The van der Waals surface area contributed by atoms with E-state index in [2.05, 4.69) is 35.1 Å². The van der Waals surface area contributed by atoms with Crippen molar-refractivity contribution >= 4 is 22.7 Å². The second-order valence-electron chi connectivity index (χ2n) is 3.72. The normalized spacial score (nSPS) is 12.9. The van der Waals surface area contributed by atoms with Crippen molar-refractivity contribution in [2.45, 2.75) is 19.3 Å². The summed E-state index contributed by atoms with van der Waals surface area (Å²) in [6, 6.07) is 4.21. The lowest BCUT2D eigenvalue weighted by molar-refractivity contribution is 0.600. The number of thiazole rings is 1. The van der Waals surface area contributed by atoms with Gasteiger partial charge in [-0.3, -0.25) is 0 Å². The molecule has 0 aromatic carbocycles. The average Bonchev–Trinajstić information content (AvgIpc) is 2.95. The first-order chi connectivity index (χ1) is 7.85. The van der Waals surface area contributed by atoms with Crippen LogP contribution < -0.4 is 5.32 Å². The Labute approximate surface area is 104 Å². The molecule has 0 spiro atoms. The van der Waals surface area contributed by atoms with Gasteiger partial charge in [0.15, 0.2) is 0 Å². The molecule has 0 radical (unpaired) electrons. The predicted octanol–water partition coefficient (Wildman–Crippen LogP) is 3.58. The van der Waals surface area contributed by atoms with E-state index < -0.39 is 0 Å². The fraction of sp³-hybridized carbons (Fsp3) is 0.417. The van der Waals surface area contributed by atoms with E-state index in [0.29, 0.717) is 5.92 Å². The van der Waals surface area contributed by atoms with Crippen molar-refractivity contribution in [1.82, 2.24) is 10.3 Å². The van der Waals surface area contributed by atoms with Crippen molar-refractivity contribution in [3.63, 3.8) is 0 Å². The summed E-state index contributed by atoms with van der Waals surface area (Å²) in [5.41, 5.74) is 1.23. The van der Waals surface area contributed by atoms with E-state index >= 15 is 0 Å². The van der Waals surface area contributed by atoms with Crippen LogP contribution in [0.25, 0.3) is 9.88 Å². The molecule has 0 fully saturated rings. The number of likely N-dealkylation sites (N-methyl/N-ethyl adjacent to an activating group) is 1. The van der Waals surface area contributed by atoms with Crippen molar-refractivity contribution in [3.05, 3.63) is 28.6 Å². The Hall–Kier alpha value is -0.710. The maximum Gasteiger partial charge on any atom is 0.133 e. The van der Waals surface area contributed by atoms with E-state index in [4.69, 9.17) is 4.98 Å². The maximum absolute atomic E-state index is 4.73. The lowest BCUT2D eigenvalue weighted by Gasteiger charge is -2.10. The highest BCUT2D eigenvalue weighted by molar-refractivity contribution is 7.20. The van der Waals surface area contributed by atoms with Gasteiger partial charge in [-0.05, 0) is 24.9 Å². The first-order valence-corrected chi connectivity index (χ1v) is 7.25. The van der Waals surface area contributed by atoms with Gasteiger partial charge < -0.3 is 5.32 Å². The van der Waals surface area contributed by atoms with Crippen LogP contribution in [0.2, 0.25) is 0 Å². The number of nitrogens with one attached hydrogen (secondary N) is 1. The Kier molecular flexibility index (Phi) is 4.09. The number of thiophene rings is 1. The van der Waals surface area contributed by atoms with Crippen molar-refractivity contribution in [2.24, 2.45) is 0 Å². The van der Waals surface area contributed by atoms with Gasteiger partial charge in [0.25, 0.3) is 0 Å². The molecule has 16 heavy (non-hydrogen) atoms. The predicted molar refractivity (Wildman–Crippen MR) is 72.4 cm³/mol. The topological polar surface area (TPSA) is 24.9 Å². The Morgan fingerprint density at radius 3 is 2.94 bits per heavy atom. The van der Waals surface area contributed by atoms with Gasteiger partial charge in [0.2, 0.25) is 0 Å². The summed E-state index contributed by atoms with van der Waals surface area (Å²) < 4.78 is 0. The standard InChI is InChI=1S/C12H16N2S2/c1-3-9(7-13-2)10-8-16-12(14-10)11-5-4-6-15-11/h4-6,8-9,13H,3,7H2,1-2H3. The fourth-order valence-electron chi connectivity index (χ4n) is 1.69. The molecular formula is C12H16N2S2. The first kappa shape index (κ1) is 11.8. The third kappa shape index (κ3) is 2.51. The molecule has 1 atom stereocenters. The molecule has 2 nitrogen and oxygen atoms in total. The molecule has 0 aliphatic heterocycles. The molecule has 4 heteroatoms. The van der Waals surface area contributed by atoms with Crippen LogP contribution in [-0.4, -0.2) is 18.6 Å². The van der Waals surface area contributed by atoms with E-state index in [-0.39, 0.29) is 0 Å². The quantitative estimate of drug-likeness (QED) is 0.879. The van der Waals surface area contributed by atoms with Crippen molar-refractivity contribution in [2.75, 3.05) is 13.6 Å². The number of hydrogen-bond donors (Lipinski definition) is 1. The highest BCUT2D eigenvalue weighted by Crippen LogP contribution is 2.30. The van der Waals surface area contributed by atoms with Gasteiger partial charge in [-0.15, -0.1) is 22.7 Å². The monoisotopic (exact) mass is 252 g/mol. The molecule has 0 aliphatic rings. The third-order valence-electron chi connectivity index (χ3n) is 2.62. The summed E-state index contributed by atoms with van der Waals surface area (Å²) in [6.45, 7) is 3.22. The zero-order valence-corrected chi connectivity index (χ0v) is 11.2. The number of hydrogen-bond acceptors (Lipinski definition) is 4. The van der Waals surface area contributed by atoms with Crippen molar-refractivity contribution < 1.29 is 0 Å². The van der Waals surface area contributed by atoms with E-state index in [1.807, 2.05) is 7.05 Å². The molecule has 0 saturated heterocycles. The Morgan fingerprint density at radius 2 is 2.31 bits per heavy atom. The molecule has 1 N–H and O–H groups in total. The van der Waals surface area contributed by atoms with Crippen LogP contribution in [-0.2, 0) is 0 Å². The summed E-state index contributed by atoms with van der Waals surface area (Å²) in [7, 11) is 2.00. The smallest absolute Gasteiger partial charge is 0.133 e. The summed E-state index contributed by atoms with van der Waals surface area (Å²) in [5, 5.41) is 8.67. The van der Waals surface area contributed by atoms with Gasteiger partial charge in [0.05, 0.1) is 10.6 Å². The zero-order valence-electron chi connectivity index (χ0n) is 9.56. The number of nitrogens with zero attached hydrogens (tertiary/aromatic N) is 1. The Bertz CT molecular complexity index is 420. The molecule has 0 amide bonds.